The minimum Gasteiger partial charge on any atom is -0.278 e. The monoisotopic (exact) mass is 220 g/mol. The zero-order valence-electron chi connectivity index (χ0n) is 9.36. The summed E-state index contributed by atoms with van der Waals surface area (Å²) in [6, 6.07) is 3.68. The topological polar surface area (TPSA) is 21.5 Å². The summed E-state index contributed by atoms with van der Waals surface area (Å²) in [5.41, 5.74) is 0.842. The van der Waals surface area contributed by atoms with Crippen LogP contribution in [0.1, 0.15) is 26.2 Å². The van der Waals surface area contributed by atoms with Crippen molar-refractivity contribution in [3.8, 4) is 0 Å². The first-order chi connectivity index (χ1) is 7.75. The van der Waals surface area contributed by atoms with Crippen molar-refractivity contribution in [1.29, 1.82) is 0 Å². The summed E-state index contributed by atoms with van der Waals surface area (Å²) in [5.74, 6) is 0.697. The van der Waals surface area contributed by atoms with Gasteiger partial charge in [0, 0.05) is 6.07 Å². The summed E-state index contributed by atoms with van der Waals surface area (Å²) in [7, 11) is 0. The Morgan fingerprint density at radius 3 is 3.12 bits per heavy atom. The molecule has 0 spiro atoms. The highest BCUT2D eigenvalue weighted by atomic mass is 19.1. The van der Waals surface area contributed by atoms with E-state index in [0.717, 1.165) is 18.0 Å². The van der Waals surface area contributed by atoms with Crippen molar-refractivity contribution in [3.05, 3.63) is 35.6 Å². The minimum atomic E-state index is -0.208. The van der Waals surface area contributed by atoms with E-state index < -0.39 is 0 Å². The van der Waals surface area contributed by atoms with Crippen molar-refractivity contribution in [2.75, 3.05) is 6.54 Å². The first kappa shape index (κ1) is 9.75. The molecule has 0 bridgehead atoms. The van der Waals surface area contributed by atoms with Gasteiger partial charge in [-0.15, -0.1) is 0 Å². The fraction of sp³-hybridized carbons (Fsp3) is 0.500. The summed E-state index contributed by atoms with van der Waals surface area (Å²) < 4.78 is 15.0. The molecule has 0 saturated carbocycles. The fourth-order valence-electron chi connectivity index (χ4n) is 2.43. The van der Waals surface area contributed by atoms with Crippen molar-refractivity contribution in [2.24, 2.45) is 4.99 Å². The van der Waals surface area contributed by atoms with Gasteiger partial charge >= 0.3 is 5.96 Å². The lowest BCUT2D eigenvalue weighted by atomic mass is 10.0. The molecular formula is C12H15FN3+. The number of hydrogen-bond acceptors (Lipinski definition) is 2. The molecule has 1 saturated heterocycles. The van der Waals surface area contributed by atoms with Crippen LogP contribution in [0.5, 0.6) is 0 Å². The summed E-state index contributed by atoms with van der Waals surface area (Å²) in [6.45, 7) is 3.24. The molecule has 0 aliphatic carbocycles. The van der Waals surface area contributed by atoms with Crippen LogP contribution in [0.25, 0.3) is 0 Å². The van der Waals surface area contributed by atoms with E-state index in [1.54, 1.807) is 6.07 Å². The summed E-state index contributed by atoms with van der Waals surface area (Å²) >= 11 is 0. The molecule has 1 aromatic rings. The van der Waals surface area contributed by atoms with Crippen molar-refractivity contribution in [2.45, 2.75) is 32.2 Å². The van der Waals surface area contributed by atoms with Gasteiger partial charge in [0.05, 0.1) is 18.8 Å². The lowest BCUT2D eigenvalue weighted by Gasteiger charge is -2.30. The number of aromatic nitrogens is 1. The lowest BCUT2D eigenvalue weighted by molar-refractivity contribution is -0.580. The molecule has 1 aromatic heterocycles. The molecule has 0 N–H and O–H groups in total. The van der Waals surface area contributed by atoms with Gasteiger partial charge in [-0.05, 0) is 32.3 Å². The van der Waals surface area contributed by atoms with Gasteiger partial charge < -0.3 is 0 Å². The second kappa shape index (κ2) is 3.54. The maximum absolute atomic E-state index is 13.1. The predicted molar refractivity (Wildman–Crippen MR) is 56.4 cm³/mol. The van der Waals surface area contributed by atoms with Crippen LogP contribution in [-0.2, 0) is 0 Å². The van der Waals surface area contributed by atoms with Crippen LogP contribution < -0.4 is 9.73 Å². The molecule has 16 heavy (non-hydrogen) atoms. The molecule has 2 aliphatic rings. The minimum absolute atomic E-state index is 0.208. The van der Waals surface area contributed by atoms with Gasteiger partial charge in [-0.2, -0.15) is 4.24 Å². The van der Waals surface area contributed by atoms with E-state index in [4.69, 9.17) is 0 Å². The van der Waals surface area contributed by atoms with Crippen molar-refractivity contribution in [1.82, 2.24) is 4.90 Å². The normalized spacial score (nSPS) is 23.5. The van der Waals surface area contributed by atoms with Gasteiger partial charge in [0.2, 0.25) is 5.49 Å². The molecule has 84 valence electrons. The number of piperidine rings is 1. The Hall–Kier alpha value is -1.45. The molecule has 3 nitrogen and oxygen atoms in total. The van der Waals surface area contributed by atoms with E-state index in [9.17, 15) is 4.39 Å². The molecule has 1 fully saturated rings. The Balaban J connectivity index is 2.01. The van der Waals surface area contributed by atoms with Gasteiger partial charge in [-0.1, -0.05) is 4.99 Å². The maximum Gasteiger partial charge on any atom is 0.357 e. The average Bonchev–Trinajstić information content (AvgIpc) is 2.26. The summed E-state index contributed by atoms with van der Waals surface area (Å²) in [5, 5.41) is 0. The van der Waals surface area contributed by atoms with E-state index in [1.165, 1.54) is 31.5 Å². The number of fused-ring (bicyclic) bond motifs is 1. The Morgan fingerprint density at radius 1 is 1.44 bits per heavy atom. The smallest absolute Gasteiger partial charge is 0.278 e. The molecule has 3 rings (SSSR count). The maximum atomic E-state index is 13.1. The van der Waals surface area contributed by atoms with E-state index in [1.807, 2.05) is 4.24 Å². The second-order valence-corrected chi connectivity index (χ2v) is 4.53. The number of halogens is 1. The average molecular weight is 220 g/mol. The van der Waals surface area contributed by atoms with E-state index in [-0.39, 0.29) is 5.82 Å². The Morgan fingerprint density at radius 2 is 2.31 bits per heavy atom. The largest absolute Gasteiger partial charge is 0.357 e. The van der Waals surface area contributed by atoms with Crippen LogP contribution in [0.3, 0.4) is 0 Å². The van der Waals surface area contributed by atoms with Crippen LogP contribution in [0.4, 0.5) is 4.39 Å². The van der Waals surface area contributed by atoms with Crippen molar-refractivity contribution >= 4 is 0 Å². The highest BCUT2D eigenvalue weighted by Gasteiger charge is 2.30. The first-order valence-corrected chi connectivity index (χ1v) is 5.82. The SMILES string of the molecule is CC1CCCCN1C1=[n+]2cc(F)ccc2=N1. The van der Waals surface area contributed by atoms with Crippen LogP contribution in [-0.4, -0.2) is 17.5 Å². The van der Waals surface area contributed by atoms with Crippen LogP contribution >= 0.6 is 0 Å². The molecule has 0 radical (unpaired) electrons. The van der Waals surface area contributed by atoms with Crippen LogP contribution in [0, 0.1) is 11.8 Å². The molecule has 2 aliphatic heterocycles. The van der Waals surface area contributed by atoms with Crippen molar-refractivity contribution in [3.63, 3.8) is 0 Å². The zero-order chi connectivity index (χ0) is 11.1. The number of pyridine rings is 1. The third kappa shape index (κ3) is 1.40. The molecule has 1 unspecified atom stereocenters. The summed E-state index contributed by atoms with van der Waals surface area (Å²) in [4.78, 5) is 6.71. The van der Waals surface area contributed by atoms with Gasteiger partial charge in [0.25, 0.3) is 0 Å². The fourth-order valence-corrected chi connectivity index (χ4v) is 2.43. The molecule has 1 atom stereocenters. The molecular weight excluding hydrogens is 205 g/mol. The van der Waals surface area contributed by atoms with Crippen LogP contribution in [0.2, 0.25) is 0 Å². The van der Waals surface area contributed by atoms with Gasteiger partial charge in [0.15, 0.2) is 5.82 Å². The van der Waals surface area contributed by atoms with Crippen LogP contribution in [0.15, 0.2) is 23.3 Å². The second-order valence-electron chi connectivity index (χ2n) is 4.53. The number of nitrogens with zero attached hydrogens (tertiary/aromatic N) is 3. The Bertz CT molecular complexity index is 538. The third-order valence-electron chi connectivity index (χ3n) is 3.38. The molecule has 0 amide bonds. The number of hydrogen-bond donors (Lipinski definition) is 0. The highest BCUT2D eigenvalue weighted by Crippen LogP contribution is 2.19. The van der Waals surface area contributed by atoms with Crippen molar-refractivity contribution < 1.29 is 8.63 Å². The number of likely N-dealkylation sites (tertiary alicyclic amines) is 1. The van der Waals surface area contributed by atoms with Gasteiger partial charge in [-0.25, -0.2) is 4.39 Å². The Kier molecular flexibility index (Phi) is 2.16. The first-order valence-electron chi connectivity index (χ1n) is 5.82. The quantitative estimate of drug-likeness (QED) is 0.645. The van der Waals surface area contributed by atoms with E-state index >= 15 is 0 Å². The molecule has 3 heterocycles. The number of rotatable bonds is 1. The van der Waals surface area contributed by atoms with Gasteiger partial charge in [0.1, 0.15) is 0 Å². The Labute approximate surface area is 93.6 Å². The van der Waals surface area contributed by atoms with E-state index in [0.29, 0.717) is 6.04 Å². The predicted octanol–water partition coefficient (Wildman–Crippen LogP) is 0.916. The highest BCUT2D eigenvalue weighted by molar-refractivity contribution is 4.93. The zero-order valence-corrected chi connectivity index (χ0v) is 9.36. The molecule has 0 aromatic carbocycles. The third-order valence-corrected chi connectivity index (χ3v) is 3.38. The standard InChI is InChI=1S/C12H15FN3/c1-9-4-2-3-7-15(9)12-14-11-6-5-10(13)8-16(11)12/h5-6,8-9H,2-4,7H2,1H3/q+1. The van der Waals surface area contributed by atoms with Gasteiger partial charge in [-0.3, -0.25) is 4.90 Å². The van der Waals surface area contributed by atoms with E-state index in [2.05, 4.69) is 16.8 Å². The lowest BCUT2D eigenvalue weighted by Crippen LogP contribution is -2.55. The summed E-state index contributed by atoms with van der Waals surface area (Å²) in [6.07, 6.45) is 5.20. The molecule has 4 heteroatoms.